The fourth-order valence-corrected chi connectivity index (χ4v) is 6.59. The highest BCUT2D eigenvalue weighted by atomic mass is 16.5. The van der Waals surface area contributed by atoms with Crippen LogP contribution in [0.2, 0.25) is 0 Å². The van der Waals surface area contributed by atoms with Crippen LogP contribution in [-0.2, 0) is 22.6 Å². The Labute approximate surface area is 252 Å². The number of nitrogens with one attached hydrogen (secondary N) is 2. The van der Waals surface area contributed by atoms with E-state index in [0.717, 1.165) is 39.1 Å². The van der Waals surface area contributed by atoms with Gasteiger partial charge in [-0.1, -0.05) is 11.6 Å². The molecule has 2 N–H and O–H groups in total. The van der Waals surface area contributed by atoms with Crippen LogP contribution < -0.4 is 15.4 Å². The summed E-state index contributed by atoms with van der Waals surface area (Å²) in [4.78, 5) is 48.8. The summed E-state index contributed by atoms with van der Waals surface area (Å²) in [6, 6.07) is 2.54. The molecule has 3 amide bonds. The van der Waals surface area contributed by atoms with Gasteiger partial charge in [-0.15, -0.1) is 5.10 Å². The maximum absolute atomic E-state index is 14.0. The molecule has 2 saturated heterocycles. The van der Waals surface area contributed by atoms with Crippen molar-refractivity contribution in [3.05, 3.63) is 35.8 Å². The SMILES string of the molecule is O=C(C[C@@H]1CCN2C[C@@H]1CCOc1ncccc1C(=O)N[C@H](Cc1cn(CCN3CCCCC3)nn1)C2=O)NCC1CC1. The molecule has 2 aromatic rings. The maximum Gasteiger partial charge on any atom is 0.257 e. The van der Waals surface area contributed by atoms with E-state index < -0.39 is 11.9 Å². The number of ether oxygens (including phenoxy) is 1. The Balaban J connectivity index is 1.16. The van der Waals surface area contributed by atoms with Gasteiger partial charge >= 0.3 is 0 Å². The van der Waals surface area contributed by atoms with Crippen LogP contribution in [0.15, 0.2) is 24.5 Å². The van der Waals surface area contributed by atoms with Crippen molar-refractivity contribution in [2.24, 2.45) is 17.8 Å². The van der Waals surface area contributed by atoms with Gasteiger partial charge in [0, 0.05) is 51.4 Å². The van der Waals surface area contributed by atoms with E-state index in [4.69, 9.17) is 4.74 Å². The molecule has 1 saturated carbocycles. The Morgan fingerprint density at radius 1 is 1.07 bits per heavy atom. The average Bonchev–Trinajstić information content (AvgIpc) is 3.76. The summed E-state index contributed by atoms with van der Waals surface area (Å²) in [5.74, 6) is 0.692. The Bertz CT molecular complexity index is 1270. The van der Waals surface area contributed by atoms with Crippen molar-refractivity contribution in [1.82, 2.24) is 40.4 Å². The van der Waals surface area contributed by atoms with Crippen LogP contribution >= 0.6 is 0 Å². The lowest BCUT2D eigenvalue weighted by Gasteiger charge is -2.40. The van der Waals surface area contributed by atoms with Crippen LogP contribution in [0.1, 0.15) is 67.4 Å². The van der Waals surface area contributed by atoms with Gasteiger partial charge in [0.15, 0.2) is 0 Å². The summed E-state index contributed by atoms with van der Waals surface area (Å²) in [7, 11) is 0. The Morgan fingerprint density at radius 3 is 2.77 bits per heavy atom. The molecule has 0 aromatic carbocycles. The molecule has 6 rings (SSSR count). The van der Waals surface area contributed by atoms with E-state index in [1.165, 1.54) is 32.1 Å². The van der Waals surface area contributed by atoms with Gasteiger partial charge in [-0.25, -0.2) is 4.98 Å². The first-order valence-electron chi connectivity index (χ1n) is 16.1. The van der Waals surface area contributed by atoms with Crippen molar-refractivity contribution in [3.63, 3.8) is 0 Å². The molecular formula is C31H44N8O4. The molecule has 2 aromatic heterocycles. The van der Waals surface area contributed by atoms with Crippen LogP contribution in [0.5, 0.6) is 5.88 Å². The second-order valence-electron chi connectivity index (χ2n) is 12.6. The summed E-state index contributed by atoms with van der Waals surface area (Å²) in [5.41, 5.74) is 0.952. The van der Waals surface area contributed by atoms with Gasteiger partial charge in [-0.3, -0.25) is 19.1 Å². The minimum absolute atomic E-state index is 0.0873. The van der Waals surface area contributed by atoms with Crippen molar-refractivity contribution in [2.75, 3.05) is 45.9 Å². The van der Waals surface area contributed by atoms with Crippen molar-refractivity contribution < 1.29 is 19.1 Å². The van der Waals surface area contributed by atoms with Gasteiger partial charge in [0.05, 0.1) is 18.8 Å². The fourth-order valence-electron chi connectivity index (χ4n) is 6.59. The lowest BCUT2D eigenvalue weighted by Crippen LogP contribution is -2.54. The molecule has 3 fully saturated rings. The highest BCUT2D eigenvalue weighted by Crippen LogP contribution is 2.31. The van der Waals surface area contributed by atoms with E-state index in [1.807, 2.05) is 15.8 Å². The summed E-state index contributed by atoms with van der Waals surface area (Å²) < 4.78 is 7.85. The Morgan fingerprint density at radius 2 is 1.93 bits per heavy atom. The quantitative estimate of drug-likeness (QED) is 0.449. The van der Waals surface area contributed by atoms with Gasteiger partial charge in [-0.05, 0) is 81.5 Å². The molecule has 0 radical (unpaired) electrons. The van der Waals surface area contributed by atoms with Crippen molar-refractivity contribution >= 4 is 17.7 Å². The van der Waals surface area contributed by atoms with E-state index in [1.54, 1.807) is 18.3 Å². The number of fused-ring (bicyclic) bond motifs is 3. The number of hydrogen-bond donors (Lipinski definition) is 2. The topological polar surface area (TPSA) is 135 Å². The van der Waals surface area contributed by atoms with E-state index in [9.17, 15) is 14.4 Å². The summed E-state index contributed by atoms with van der Waals surface area (Å²) in [6.07, 6.45) is 11.7. The number of pyridine rings is 1. The van der Waals surface area contributed by atoms with Crippen LogP contribution in [0.25, 0.3) is 0 Å². The van der Waals surface area contributed by atoms with Gasteiger partial charge in [0.25, 0.3) is 5.91 Å². The number of piperidine rings is 2. The first kappa shape index (κ1) is 29.5. The maximum atomic E-state index is 14.0. The van der Waals surface area contributed by atoms with Crippen molar-refractivity contribution in [3.8, 4) is 5.88 Å². The van der Waals surface area contributed by atoms with Crippen LogP contribution in [0.3, 0.4) is 0 Å². The largest absolute Gasteiger partial charge is 0.477 e. The molecule has 2 bridgehead atoms. The second kappa shape index (κ2) is 13.8. The van der Waals surface area contributed by atoms with Gasteiger partial charge in [0.1, 0.15) is 11.6 Å². The molecule has 43 heavy (non-hydrogen) atoms. The van der Waals surface area contributed by atoms with Crippen LogP contribution in [-0.4, -0.2) is 99.4 Å². The first-order chi connectivity index (χ1) is 21.0. The van der Waals surface area contributed by atoms with Crippen LogP contribution in [0, 0.1) is 17.8 Å². The minimum atomic E-state index is -0.814. The number of nitrogens with zero attached hydrogens (tertiary/aromatic N) is 6. The summed E-state index contributed by atoms with van der Waals surface area (Å²) in [6.45, 7) is 6.07. The van der Waals surface area contributed by atoms with Crippen LogP contribution in [0.4, 0.5) is 0 Å². The molecule has 3 aliphatic heterocycles. The molecule has 12 nitrogen and oxygen atoms in total. The zero-order valence-corrected chi connectivity index (χ0v) is 25.0. The predicted octanol–water partition coefficient (Wildman–Crippen LogP) is 1.66. The van der Waals surface area contributed by atoms with Crippen molar-refractivity contribution in [2.45, 2.75) is 70.4 Å². The number of amides is 3. The Hall–Kier alpha value is -3.54. The molecule has 0 unspecified atom stereocenters. The summed E-state index contributed by atoms with van der Waals surface area (Å²) >= 11 is 0. The molecule has 232 valence electrons. The van der Waals surface area contributed by atoms with Crippen molar-refractivity contribution in [1.29, 1.82) is 0 Å². The number of likely N-dealkylation sites (tertiary alicyclic amines) is 1. The third-order valence-electron chi connectivity index (χ3n) is 9.38. The fraction of sp³-hybridized carbons (Fsp3) is 0.677. The predicted molar refractivity (Wildman–Crippen MR) is 158 cm³/mol. The molecule has 0 spiro atoms. The normalized spacial score (nSPS) is 25.1. The zero-order chi connectivity index (χ0) is 29.6. The molecule has 1 aliphatic carbocycles. The zero-order valence-electron chi connectivity index (χ0n) is 25.0. The first-order valence-corrected chi connectivity index (χ1v) is 16.1. The number of carbonyl (C=O) groups excluding carboxylic acids is 3. The number of carbonyl (C=O) groups is 3. The third-order valence-corrected chi connectivity index (χ3v) is 9.38. The minimum Gasteiger partial charge on any atom is -0.477 e. The third kappa shape index (κ3) is 7.90. The smallest absolute Gasteiger partial charge is 0.257 e. The molecule has 12 heteroatoms. The van der Waals surface area contributed by atoms with E-state index in [0.29, 0.717) is 49.7 Å². The molecular weight excluding hydrogens is 548 g/mol. The highest BCUT2D eigenvalue weighted by Gasteiger charge is 2.37. The monoisotopic (exact) mass is 592 g/mol. The second-order valence-corrected chi connectivity index (χ2v) is 12.6. The Kier molecular flexibility index (Phi) is 9.50. The molecule has 4 aliphatic rings. The van der Waals surface area contributed by atoms with E-state index in [-0.39, 0.29) is 36.0 Å². The number of hydrogen-bond acceptors (Lipinski definition) is 8. The lowest BCUT2D eigenvalue weighted by atomic mass is 9.80. The number of rotatable bonds is 9. The average molecular weight is 593 g/mol. The highest BCUT2D eigenvalue weighted by molar-refractivity contribution is 5.99. The molecule has 3 atom stereocenters. The van der Waals surface area contributed by atoms with Gasteiger partial charge in [-0.2, -0.15) is 0 Å². The standard InChI is InChI=1S/C31H44N8O4/c40-28(33-19-22-6-7-22)17-23-8-13-38-20-24(23)9-16-43-30-26(5-4-10-32-30)29(41)34-27(31(38)42)18-25-21-39(36-35-25)15-14-37-11-2-1-3-12-37/h4-5,10,21-24,27H,1-3,6-9,11-20H2,(H,33,40)(H,34,41)/t23-,24-,27+/m0/s1. The number of aromatic nitrogens is 4. The molecule has 5 heterocycles. The van der Waals surface area contributed by atoms with Gasteiger partial charge < -0.3 is 25.2 Å². The summed E-state index contributed by atoms with van der Waals surface area (Å²) in [5, 5.41) is 14.7. The van der Waals surface area contributed by atoms with Gasteiger partial charge in [0.2, 0.25) is 17.7 Å². The lowest BCUT2D eigenvalue weighted by molar-refractivity contribution is -0.136. The van der Waals surface area contributed by atoms with E-state index in [2.05, 4.69) is 30.8 Å². The van der Waals surface area contributed by atoms with E-state index >= 15 is 0 Å².